The molecule has 0 aromatic carbocycles. The zero-order valence-corrected chi connectivity index (χ0v) is 10.2. The van der Waals surface area contributed by atoms with E-state index in [2.05, 4.69) is 13.8 Å². The van der Waals surface area contributed by atoms with E-state index in [4.69, 9.17) is 10.5 Å². The molecule has 16 heavy (non-hydrogen) atoms. The van der Waals surface area contributed by atoms with Gasteiger partial charge in [-0.1, -0.05) is 20.3 Å². The number of carbonyl (C=O) groups excluding carboxylic acids is 1. The summed E-state index contributed by atoms with van der Waals surface area (Å²) in [6.45, 7) is 6.32. The number of ether oxygens (including phenoxy) is 1. The van der Waals surface area contributed by atoms with Gasteiger partial charge in [-0.25, -0.2) is 0 Å². The van der Waals surface area contributed by atoms with Gasteiger partial charge in [-0.2, -0.15) is 0 Å². The van der Waals surface area contributed by atoms with Gasteiger partial charge < -0.3 is 15.4 Å². The molecule has 4 nitrogen and oxygen atoms in total. The SMILES string of the molecule is CCCC1(N)CN(C(=O)C2OCCC2C)C1. The quantitative estimate of drug-likeness (QED) is 0.772. The highest BCUT2D eigenvalue weighted by molar-refractivity contribution is 5.82. The summed E-state index contributed by atoms with van der Waals surface area (Å²) in [5.74, 6) is 0.494. The van der Waals surface area contributed by atoms with Gasteiger partial charge in [0.05, 0.1) is 5.54 Å². The van der Waals surface area contributed by atoms with Gasteiger partial charge >= 0.3 is 0 Å². The fourth-order valence-corrected chi connectivity index (χ4v) is 2.72. The summed E-state index contributed by atoms with van der Waals surface area (Å²) >= 11 is 0. The number of likely N-dealkylation sites (tertiary alicyclic amines) is 1. The van der Waals surface area contributed by atoms with Crippen molar-refractivity contribution in [3.8, 4) is 0 Å². The van der Waals surface area contributed by atoms with Crippen molar-refractivity contribution in [1.82, 2.24) is 4.90 Å². The Labute approximate surface area is 97.1 Å². The summed E-state index contributed by atoms with van der Waals surface area (Å²) in [7, 11) is 0. The van der Waals surface area contributed by atoms with Gasteiger partial charge in [-0.05, 0) is 18.8 Å². The van der Waals surface area contributed by atoms with Crippen molar-refractivity contribution in [2.75, 3.05) is 19.7 Å². The zero-order chi connectivity index (χ0) is 11.8. The molecule has 0 radical (unpaired) electrons. The number of hydrogen-bond donors (Lipinski definition) is 1. The predicted molar refractivity (Wildman–Crippen MR) is 61.9 cm³/mol. The van der Waals surface area contributed by atoms with Crippen LogP contribution < -0.4 is 5.73 Å². The molecule has 0 spiro atoms. The third-order valence-corrected chi connectivity index (χ3v) is 3.70. The summed E-state index contributed by atoms with van der Waals surface area (Å²) < 4.78 is 5.48. The maximum atomic E-state index is 12.1. The first-order valence-electron chi connectivity index (χ1n) is 6.25. The van der Waals surface area contributed by atoms with Gasteiger partial charge in [0.25, 0.3) is 5.91 Å². The predicted octanol–water partition coefficient (Wildman–Crippen LogP) is 0.751. The van der Waals surface area contributed by atoms with Crippen LogP contribution in [0.4, 0.5) is 0 Å². The normalized spacial score (nSPS) is 32.6. The molecule has 0 aromatic heterocycles. The largest absolute Gasteiger partial charge is 0.368 e. The molecule has 0 aromatic rings. The Bertz CT molecular complexity index is 274. The maximum absolute atomic E-state index is 12.1. The summed E-state index contributed by atoms with van der Waals surface area (Å²) in [6, 6.07) is 0. The molecule has 1 amide bonds. The number of nitrogens with two attached hydrogens (primary N) is 1. The summed E-state index contributed by atoms with van der Waals surface area (Å²) in [4.78, 5) is 13.9. The average molecular weight is 226 g/mol. The molecule has 0 saturated carbocycles. The van der Waals surface area contributed by atoms with E-state index in [-0.39, 0.29) is 17.6 Å². The lowest BCUT2D eigenvalue weighted by atomic mass is 9.85. The second-order valence-electron chi connectivity index (χ2n) is 5.36. The fraction of sp³-hybridized carbons (Fsp3) is 0.917. The molecule has 2 N–H and O–H groups in total. The molecule has 2 aliphatic rings. The molecule has 2 rings (SSSR count). The van der Waals surface area contributed by atoms with Crippen molar-refractivity contribution in [3.05, 3.63) is 0 Å². The van der Waals surface area contributed by atoms with Gasteiger partial charge in [0.1, 0.15) is 6.10 Å². The first-order valence-corrected chi connectivity index (χ1v) is 6.25. The van der Waals surface area contributed by atoms with Crippen LogP contribution in [0.15, 0.2) is 0 Å². The molecule has 0 bridgehead atoms. The summed E-state index contributed by atoms with van der Waals surface area (Å²) in [6.07, 6.45) is 2.85. The van der Waals surface area contributed by atoms with Crippen molar-refractivity contribution in [3.63, 3.8) is 0 Å². The average Bonchev–Trinajstić information content (AvgIpc) is 2.60. The second kappa shape index (κ2) is 4.34. The molecule has 92 valence electrons. The lowest BCUT2D eigenvalue weighted by Crippen LogP contribution is -2.69. The smallest absolute Gasteiger partial charge is 0.252 e. The van der Waals surface area contributed by atoms with Crippen molar-refractivity contribution in [2.45, 2.75) is 44.8 Å². The minimum atomic E-state index is -0.217. The van der Waals surface area contributed by atoms with Crippen LogP contribution in [-0.4, -0.2) is 42.1 Å². The minimum absolute atomic E-state index is 0.133. The number of hydrogen-bond acceptors (Lipinski definition) is 3. The minimum Gasteiger partial charge on any atom is -0.368 e. The maximum Gasteiger partial charge on any atom is 0.252 e. The Hall–Kier alpha value is -0.610. The molecular weight excluding hydrogens is 204 g/mol. The van der Waals surface area contributed by atoms with Crippen LogP contribution in [0.1, 0.15) is 33.1 Å². The van der Waals surface area contributed by atoms with Crippen LogP contribution in [0.25, 0.3) is 0 Å². The van der Waals surface area contributed by atoms with E-state index >= 15 is 0 Å². The molecular formula is C12H22N2O2. The number of amides is 1. The van der Waals surface area contributed by atoms with E-state index in [1.54, 1.807) is 0 Å². The van der Waals surface area contributed by atoms with Crippen molar-refractivity contribution in [2.24, 2.45) is 11.7 Å². The van der Waals surface area contributed by atoms with E-state index in [0.717, 1.165) is 19.3 Å². The first-order chi connectivity index (χ1) is 7.56. The topological polar surface area (TPSA) is 55.6 Å². The molecule has 4 heteroatoms. The first kappa shape index (κ1) is 11.9. The van der Waals surface area contributed by atoms with Crippen LogP contribution in [0.3, 0.4) is 0 Å². The Kier molecular flexibility index (Phi) is 3.22. The van der Waals surface area contributed by atoms with E-state index < -0.39 is 0 Å². The van der Waals surface area contributed by atoms with Gasteiger partial charge in [-0.15, -0.1) is 0 Å². The third kappa shape index (κ3) is 2.09. The number of rotatable bonds is 3. The van der Waals surface area contributed by atoms with Gasteiger partial charge in [0.15, 0.2) is 0 Å². The number of nitrogens with zero attached hydrogens (tertiary/aromatic N) is 1. The van der Waals surface area contributed by atoms with E-state index in [9.17, 15) is 4.79 Å². The Morgan fingerprint density at radius 2 is 2.25 bits per heavy atom. The van der Waals surface area contributed by atoms with Gasteiger partial charge in [0.2, 0.25) is 0 Å². The fourth-order valence-electron chi connectivity index (χ4n) is 2.72. The Morgan fingerprint density at radius 3 is 2.75 bits per heavy atom. The van der Waals surface area contributed by atoms with Crippen LogP contribution in [0.5, 0.6) is 0 Å². The van der Waals surface area contributed by atoms with Gasteiger partial charge in [0, 0.05) is 19.7 Å². The zero-order valence-electron chi connectivity index (χ0n) is 10.2. The third-order valence-electron chi connectivity index (χ3n) is 3.70. The molecule has 2 saturated heterocycles. The lowest BCUT2D eigenvalue weighted by molar-refractivity contribution is -0.150. The van der Waals surface area contributed by atoms with Gasteiger partial charge in [-0.3, -0.25) is 4.79 Å². The standard InChI is InChI=1S/C12H22N2O2/c1-3-5-12(13)7-14(8-12)11(15)10-9(2)4-6-16-10/h9-10H,3-8,13H2,1-2H3. The molecule has 2 unspecified atom stereocenters. The molecule has 2 atom stereocenters. The molecule has 0 aliphatic carbocycles. The molecule has 2 aliphatic heterocycles. The Morgan fingerprint density at radius 1 is 1.56 bits per heavy atom. The van der Waals surface area contributed by atoms with E-state index in [1.807, 2.05) is 4.90 Å². The summed E-state index contributed by atoms with van der Waals surface area (Å²) in [5, 5.41) is 0. The van der Waals surface area contributed by atoms with Crippen LogP contribution >= 0.6 is 0 Å². The molecule has 2 fully saturated rings. The summed E-state index contributed by atoms with van der Waals surface area (Å²) in [5.41, 5.74) is 6.01. The van der Waals surface area contributed by atoms with Crippen LogP contribution in [0.2, 0.25) is 0 Å². The highest BCUT2D eigenvalue weighted by atomic mass is 16.5. The second-order valence-corrected chi connectivity index (χ2v) is 5.36. The van der Waals surface area contributed by atoms with Crippen molar-refractivity contribution >= 4 is 5.91 Å². The monoisotopic (exact) mass is 226 g/mol. The lowest BCUT2D eigenvalue weighted by Gasteiger charge is -2.48. The van der Waals surface area contributed by atoms with Crippen molar-refractivity contribution < 1.29 is 9.53 Å². The number of carbonyl (C=O) groups is 1. The van der Waals surface area contributed by atoms with E-state index in [0.29, 0.717) is 25.6 Å². The highest BCUT2D eigenvalue weighted by Crippen LogP contribution is 2.28. The molecule has 2 heterocycles. The van der Waals surface area contributed by atoms with Crippen LogP contribution in [-0.2, 0) is 9.53 Å². The van der Waals surface area contributed by atoms with E-state index in [1.165, 1.54) is 0 Å². The Balaban J connectivity index is 1.85. The highest BCUT2D eigenvalue weighted by Gasteiger charge is 2.45. The van der Waals surface area contributed by atoms with Crippen molar-refractivity contribution in [1.29, 1.82) is 0 Å². The van der Waals surface area contributed by atoms with Crippen LogP contribution in [0, 0.1) is 5.92 Å².